The van der Waals surface area contributed by atoms with Crippen LogP contribution in [0.3, 0.4) is 0 Å². The molecule has 25 heavy (non-hydrogen) atoms. The van der Waals surface area contributed by atoms with Gasteiger partial charge in [-0.05, 0) is 38.0 Å². The maximum atomic E-state index is 11.5. The fraction of sp³-hybridized carbons (Fsp3) is 0.550. The van der Waals surface area contributed by atoms with Crippen LogP contribution in [0.15, 0.2) is 35.9 Å². The molecular weight excluding hydrogens is 316 g/mol. The molecule has 0 bridgehead atoms. The van der Waals surface area contributed by atoms with Gasteiger partial charge in [-0.2, -0.15) is 0 Å². The minimum Gasteiger partial charge on any atom is -0.465 e. The standard InChI is InChI=1S/C20H30N2O3/c1-16(2)8-10-22-12-11-21(15-19(22)9-13-23)14-17-4-6-18(7-5-17)20(24)25-3/h4-8,19,23H,9-15H2,1-3H3/t19-/m1/s1. The van der Waals surface area contributed by atoms with Crippen molar-refractivity contribution in [3.05, 3.63) is 47.0 Å². The average molecular weight is 346 g/mol. The van der Waals surface area contributed by atoms with E-state index in [0.29, 0.717) is 11.6 Å². The molecular formula is C20H30N2O3. The molecule has 1 aromatic rings. The van der Waals surface area contributed by atoms with Crippen molar-refractivity contribution in [2.45, 2.75) is 32.9 Å². The Kier molecular flexibility index (Phi) is 7.62. The second kappa shape index (κ2) is 9.70. The molecule has 138 valence electrons. The van der Waals surface area contributed by atoms with E-state index in [2.05, 4.69) is 29.7 Å². The summed E-state index contributed by atoms with van der Waals surface area (Å²) < 4.78 is 4.74. The predicted molar refractivity (Wildman–Crippen MR) is 99.6 cm³/mol. The Morgan fingerprint density at radius 2 is 2.00 bits per heavy atom. The van der Waals surface area contributed by atoms with Gasteiger partial charge < -0.3 is 9.84 Å². The van der Waals surface area contributed by atoms with Gasteiger partial charge in [-0.25, -0.2) is 4.79 Å². The lowest BCUT2D eigenvalue weighted by Crippen LogP contribution is -2.53. The van der Waals surface area contributed by atoms with Gasteiger partial charge in [0.25, 0.3) is 0 Å². The molecule has 0 unspecified atom stereocenters. The van der Waals surface area contributed by atoms with Gasteiger partial charge in [0, 0.05) is 45.4 Å². The van der Waals surface area contributed by atoms with E-state index in [1.807, 2.05) is 24.3 Å². The Hall–Kier alpha value is -1.69. The molecule has 5 heteroatoms. The maximum Gasteiger partial charge on any atom is 0.337 e. The van der Waals surface area contributed by atoms with Gasteiger partial charge in [-0.15, -0.1) is 0 Å². The molecule has 0 amide bonds. The fourth-order valence-electron chi connectivity index (χ4n) is 3.19. The molecule has 1 aromatic carbocycles. The van der Waals surface area contributed by atoms with Crippen LogP contribution in [0.5, 0.6) is 0 Å². The maximum absolute atomic E-state index is 11.5. The first-order valence-electron chi connectivity index (χ1n) is 8.91. The number of nitrogens with zero attached hydrogens (tertiary/aromatic N) is 2. The first-order valence-corrected chi connectivity index (χ1v) is 8.91. The lowest BCUT2D eigenvalue weighted by atomic mass is 10.1. The number of allylic oxidation sites excluding steroid dienone is 1. The van der Waals surface area contributed by atoms with Crippen LogP contribution < -0.4 is 0 Å². The van der Waals surface area contributed by atoms with Crippen LogP contribution in [0.2, 0.25) is 0 Å². The average Bonchev–Trinajstić information content (AvgIpc) is 2.61. The number of benzene rings is 1. The first kappa shape index (κ1) is 19.6. The third-order valence-corrected chi connectivity index (χ3v) is 4.67. The molecule has 0 spiro atoms. The molecule has 0 radical (unpaired) electrons. The van der Waals surface area contributed by atoms with Gasteiger partial charge in [-0.1, -0.05) is 23.8 Å². The molecule has 1 heterocycles. The van der Waals surface area contributed by atoms with E-state index in [0.717, 1.165) is 39.1 Å². The number of ether oxygens (including phenoxy) is 1. The molecule has 2 rings (SSSR count). The van der Waals surface area contributed by atoms with E-state index in [-0.39, 0.29) is 12.6 Å². The Morgan fingerprint density at radius 3 is 2.60 bits per heavy atom. The Bertz CT molecular complexity index is 579. The number of aliphatic hydroxyl groups is 1. The van der Waals surface area contributed by atoms with Crippen molar-refractivity contribution in [3.63, 3.8) is 0 Å². The molecule has 5 nitrogen and oxygen atoms in total. The van der Waals surface area contributed by atoms with Crippen LogP contribution in [0.4, 0.5) is 0 Å². The van der Waals surface area contributed by atoms with Crippen LogP contribution in [0.1, 0.15) is 36.2 Å². The molecule has 1 N–H and O–H groups in total. The summed E-state index contributed by atoms with van der Waals surface area (Å²) in [6.45, 7) is 9.25. The van der Waals surface area contributed by atoms with Crippen molar-refractivity contribution in [2.24, 2.45) is 0 Å². The van der Waals surface area contributed by atoms with Crippen molar-refractivity contribution in [1.82, 2.24) is 9.80 Å². The fourth-order valence-corrected chi connectivity index (χ4v) is 3.19. The van der Waals surface area contributed by atoms with Crippen molar-refractivity contribution in [2.75, 3.05) is 39.9 Å². The van der Waals surface area contributed by atoms with Crippen LogP contribution in [0, 0.1) is 0 Å². The zero-order valence-electron chi connectivity index (χ0n) is 15.6. The monoisotopic (exact) mass is 346 g/mol. The summed E-state index contributed by atoms with van der Waals surface area (Å²) in [7, 11) is 1.40. The Morgan fingerprint density at radius 1 is 1.28 bits per heavy atom. The minimum absolute atomic E-state index is 0.220. The van der Waals surface area contributed by atoms with E-state index < -0.39 is 0 Å². The summed E-state index contributed by atoms with van der Waals surface area (Å²) >= 11 is 0. The van der Waals surface area contributed by atoms with E-state index in [1.54, 1.807) is 0 Å². The molecule has 0 aliphatic carbocycles. The van der Waals surface area contributed by atoms with Crippen LogP contribution in [-0.2, 0) is 11.3 Å². The van der Waals surface area contributed by atoms with Gasteiger partial charge >= 0.3 is 5.97 Å². The summed E-state index contributed by atoms with van der Waals surface area (Å²) in [6.07, 6.45) is 3.06. The lowest BCUT2D eigenvalue weighted by Gasteiger charge is -2.41. The third-order valence-electron chi connectivity index (χ3n) is 4.67. The predicted octanol–water partition coefficient (Wildman–Crippen LogP) is 2.31. The van der Waals surface area contributed by atoms with Crippen molar-refractivity contribution in [3.8, 4) is 0 Å². The van der Waals surface area contributed by atoms with Gasteiger partial charge in [0.2, 0.25) is 0 Å². The highest BCUT2D eigenvalue weighted by Crippen LogP contribution is 2.16. The summed E-state index contributed by atoms with van der Waals surface area (Å²) in [5.74, 6) is -0.303. The topological polar surface area (TPSA) is 53.0 Å². The second-order valence-corrected chi connectivity index (χ2v) is 6.87. The van der Waals surface area contributed by atoms with E-state index in [1.165, 1.54) is 18.2 Å². The number of aliphatic hydroxyl groups excluding tert-OH is 1. The smallest absolute Gasteiger partial charge is 0.337 e. The normalized spacial score (nSPS) is 18.8. The Balaban J connectivity index is 1.95. The number of hydrogen-bond donors (Lipinski definition) is 1. The summed E-state index contributed by atoms with van der Waals surface area (Å²) in [4.78, 5) is 16.4. The van der Waals surface area contributed by atoms with Gasteiger partial charge in [0.15, 0.2) is 0 Å². The van der Waals surface area contributed by atoms with Crippen molar-refractivity contribution in [1.29, 1.82) is 0 Å². The Labute approximate surface area is 150 Å². The molecule has 1 atom stereocenters. The molecule has 1 fully saturated rings. The number of carbonyl (C=O) groups excluding carboxylic acids is 1. The first-order chi connectivity index (χ1) is 12.0. The van der Waals surface area contributed by atoms with E-state index in [4.69, 9.17) is 4.74 Å². The third kappa shape index (κ3) is 5.96. The summed E-state index contributed by atoms with van der Waals surface area (Å²) in [5.41, 5.74) is 3.10. The zero-order valence-corrected chi connectivity index (χ0v) is 15.6. The highest BCUT2D eigenvalue weighted by atomic mass is 16.5. The van der Waals surface area contributed by atoms with Crippen molar-refractivity contribution >= 4 is 5.97 Å². The summed E-state index contributed by atoms with van der Waals surface area (Å²) in [5, 5.41) is 9.39. The number of esters is 1. The quantitative estimate of drug-likeness (QED) is 0.606. The molecule has 1 aliphatic heterocycles. The van der Waals surface area contributed by atoms with E-state index in [9.17, 15) is 9.90 Å². The number of methoxy groups -OCH3 is 1. The highest BCUT2D eigenvalue weighted by molar-refractivity contribution is 5.89. The van der Waals surface area contributed by atoms with Crippen LogP contribution in [0.25, 0.3) is 0 Å². The van der Waals surface area contributed by atoms with Gasteiger partial charge in [0.05, 0.1) is 12.7 Å². The molecule has 1 aliphatic rings. The SMILES string of the molecule is COC(=O)c1ccc(CN2CCN(CC=C(C)C)[C@H](CCO)C2)cc1. The largest absolute Gasteiger partial charge is 0.465 e. The second-order valence-electron chi connectivity index (χ2n) is 6.87. The number of hydrogen-bond acceptors (Lipinski definition) is 5. The van der Waals surface area contributed by atoms with Gasteiger partial charge in [-0.3, -0.25) is 9.80 Å². The number of piperazine rings is 1. The highest BCUT2D eigenvalue weighted by Gasteiger charge is 2.25. The molecule has 0 saturated carbocycles. The van der Waals surface area contributed by atoms with Crippen LogP contribution >= 0.6 is 0 Å². The van der Waals surface area contributed by atoms with Gasteiger partial charge in [0.1, 0.15) is 0 Å². The minimum atomic E-state index is -0.303. The summed E-state index contributed by atoms with van der Waals surface area (Å²) in [6, 6.07) is 7.99. The molecule has 0 aromatic heterocycles. The molecule has 1 saturated heterocycles. The van der Waals surface area contributed by atoms with E-state index >= 15 is 0 Å². The van der Waals surface area contributed by atoms with Crippen LogP contribution in [-0.4, -0.2) is 66.8 Å². The zero-order chi connectivity index (χ0) is 18.2. The number of carbonyl (C=O) groups is 1. The lowest BCUT2D eigenvalue weighted by molar-refractivity contribution is 0.0600. The van der Waals surface area contributed by atoms with Crippen molar-refractivity contribution < 1.29 is 14.6 Å². The number of rotatable bonds is 7.